The number of hydrogen-bond acceptors (Lipinski definition) is 6. The normalized spacial score (nSPS) is 13.6. The quantitative estimate of drug-likeness (QED) is 0.820. The van der Waals surface area contributed by atoms with Crippen molar-refractivity contribution in [3.63, 3.8) is 0 Å². The molecule has 8 nitrogen and oxygen atoms in total. The van der Waals surface area contributed by atoms with Gasteiger partial charge in [0.05, 0.1) is 0 Å². The first-order valence-electron chi connectivity index (χ1n) is 6.70. The third-order valence-corrected chi connectivity index (χ3v) is 3.45. The average molecular weight is 295 g/mol. The zero-order valence-corrected chi connectivity index (χ0v) is 11.9. The molecule has 2 heterocycles. The number of anilines is 2. The van der Waals surface area contributed by atoms with Crippen LogP contribution in [0, 0.1) is 11.3 Å². The highest BCUT2D eigenvalue weighted by molar-refractivity contribution is 5.94. The van der Waals surface area contributed by atoms with E-state index in [1.54, 1.807) is 11.8 Å². The fourth-order valence-electron chi connectivity index (χ4n) is 2.40. The zero-order chi connectivity index (χ0) is 15.5. The van der Waals surface area contributed by atoms with Gasteiger partial charge < -0.3 is 10.2 Å². The van der Waals surface area contributed by atoms with Gasteiger partial charge in [-0.3, -0.25) is 4.79 Å². The number of benzene rings is 1. The van der Waals surface area contributed by atoms with Crippen molar-refractivity contribution < 1.29 is 4.79 Å². The topological polar surface area (TPSA) is 111 Å². The number of nitrogens with zero attached hydrogens (tertiary/aromatic N) is 5. The Labute approximate surface area is 126 Å². The summed E-state index contributed by atoms with van der Waals surface area (Å²) in [5.41, 5.74) is 3.16. The zero-order valence-electron chi connectivity index (χ0n) is 11.9. The monoisotopic (exact) mass is 295 g/mol. The number of nitrogens with one attached hydrogen (secondary N) is 2. The minimum Gasteiger partial charge on any atom is -0.360 e. The molecule has 22 heavy (non-hydrogen) atoms. The van der Waals surface area contributed by atoms with Crippen LogP contribution in [0.1, 0.15) is 18.3 Å². The molecule has 0 fully saturated rings. The summed E-state index contributed by atoms with van der Waals surface area (Å²) in [6.45, 7) is 2.27. The van der Waals surface area contributed by atoms with E-state index in [1.807, 2.05) is 24.3 Å². The van der Waals surface area contributed by atoms with Gasteiger partial charge >= 0.3 is 0 Å². The van der Waals surface area contributed by atoms with Gasteiger partial charge in [-0.05, 0) is 35.4 Å². The van der Waals surface area contributed by atoms with Crippen LogP contribution < -0.4 is 10.2 Å². The minimum atomic E-state index is 0.0447. The molecule has 0 unspecified atom stereocenters. The van der Waals surface area contributed by atoms with E-state index >= 15 is 0 Å². The Hall–Kier alpha value is -3.21. The molecule has 2 aromatic rings. The molecule has 1 aromatic carbocycles. The number of allylic oxidation sites excluding steroid dienone is 1. The maximum Gasteiger partial charge on any atom is 0.223 e. The maximum atomic E-state index is 11.5. The lowest BCUT2D eigenvalue weighted by atomic mass is 10.1. The van der Waals surface area contributed by atoms with Crippen molar-refractivity contribution in [1.29, 1.82) is 5.26 Å². The van der Waals surface area contributed by atoms with E-state index in [2.05, 4.69) is 25.9 Å². The fourth-order valence-corrected chi connectivity index (χ4v) is 2.40. The van der Waals surface area contributed by atoms with Crippen molar-refractivity contribution in [3.8, 4) is 6.07 Å². The van der Waals surface area contributed by atoms with Crippen LogP contribution in [-0.2, 0) is 11.2 Å². The van der Waals surface area contributed by atoms with E-state index in [1.165, 1.54) is 6.20 Å². The van der Waals surface area contributed by atoms with Gasteiger partial charge in [0.2, 0.25) is 11.7 Å². The number of amides is 1. The van der Waals surface area contributed by atoms with Crippen LogP contribution >= 0.6 is 0 Å². The summed E-state index contributed by atoms with van der Waals surface area (Å²) in [7, 11) is 0. The summed E-state index contributed by atoms with van der Waals surface area (Å²) >= 11 is 0. The first-order chi connectivity index (χ1) is 10.7. The van der Waals surface area contributed by atoms with Gasteiger partial charge in [0.25, 0.3) is 0 Å². The lowest BCUT2D eigenvalue weighted by Crippen LogP contribution is -2.25. The van der Waals surface area contributed by atoms with Crippen LogP contribution in [0.2, 0.25) is 0 Å². The molecule has 0 atom stereocenters. The second kappa shape index (κ2) is 5.65. The summed E-state index contributed by atoms with van der Waals surface area (Å²) in [6, 6.07) is 7.75. The molecule has 0 saturated heterocycles. The molecule has 0 bridgehead atoms. The molecular formula is C14H13N7O. The second-order valence-corrected chi connectivity index (χ2v) is 4.81. The Balaban J connectivity index is 1.80. The van der Waals surface area contributed by atoms with Crippen LogP contribution in [0.15, 0.2) is 24.4 Å². The van der Waals surface area contributed by atoms with Gasteiger partial charge in [0.1, 0.15) is 11.6 Å². The van der Waals surface area contributed by atoms with E-state index < -0.39 is 0 Å². The molecule has 110 valence electrons. The van der Waals surface area contributed by atoms with E-state index in [9.17, 15) is 4.79 Å². The number of rotatable bonds is 3. The number of carbonyl (C=O) groups excluding carboxylic acids is 1. The van der Waals surface area contributed by atoms with Gasteiger partial charge in [0.15, 0.2) is 0 Å². The summed E-state index contributed by atoms with van der Waals surface area (Å²) in [5, 5.41) is 25.4. The van der Waals surface area contributed by atoms with E-state index in [0.29, 0.717) is 6.54 Å². The van der Waals surface area contributed by atoms with E-state index in [-0.39, 0.29) is 17.3 Å². The van der Waals surface area contributed by atoms with Crippen LogP contribution in [0.5, 0.6) is 0 Å². The fraction of sp³-hybridized carbons (Fsp3) is 0.214. The largest absolute Gasteiger partial charge is 0.360 e. The van der Waals surface area contributed by atoms with Crippen LogP contribution in [-0.4, -0.2) is 33.1 Å². The lowest BCUT2D eigenvalue weighted by molar-refractivity contribution is -0.116. The minimum absolute atomic E-state index is 0.0447. The Morgan fingerprint density at radius 2 is 2.41 bits per heavy atom. The summed E-state index contributed by atoms with van der Waals surface area (Å²) in [4.78, 5) is 13.3. The van der Waals surface area contributed by atoms with Gasteiger partial charge in [-0.2, -0.15) is 10.5 Å². The number of H-pyrrole nitrogens is 1. The van der Waals surface area contributed by atoms with Gasteiger partial charge in [-0.15, -0.1) is 10.2 Å². The van der Waals surface area contributed by atoms with Gasteiger partial charge in [-0.1, -0.05) is 0 Å². The Morgan fingerprint density at radius 1 is 1.55 bits per heavy atom. The van der Waals surface area contributed by atoms with Gasteiger partial charge in [-0.25, -0.2) is 0 Å². The molecular weight excluding hydrogens is 282 g/mol. The standard InChI is InChI=1S/C14H13N7O/c1-9(22)21-5-4-10-6-12(2-3-13(10)21)16-8-11(7-15)14-17-19-20-18-14/h2-3,6,8,16H,4-5H2,1H3,(H,17,18,19,20). The van der Waals surface area contributed by atoms with Crippen molar-refractivity contribution in [2.75, 3.05) is 16.8 Å². The number of aromatic amines is 1. The molecule has 1 aliphatic rings. The molecule has 0 saturated carbocycles. The Morgan fingerprint density at radius 3 is 3.09 bits per heavy atom. The third-order valence-electron chi connectivity index (χ3n) is 3.45. The van der Waals surface area contributed by atoms with E-state index in [4.69, 9.17) is 5.26 Å². The van der Waals surface area contributed by atoms with Crippen molar-refractivity contribution in [2.45, 2.75) is 13.3 Å². The number of carbonyl (C=O) groups is 1. The van der Waals surface area contributed by atoms with Crippen molar-refractivity contribution >= 4 is 22.9 Å². The van der Waals surface area contributed by atoms with E-state index in [0.717, 1.165) is 23.4 Å². The molecule has 2 N–H and O–H groups in total. The average Bonchev–Trinajstić information content (AvgIpc) is 3.16. The van der Waals surface area contributed by atoms with Crippen LogP contribution in [0.4, 0.5) is 11.4 Å². The smallest absolute Gasteiger partial charge is 0.223 e. The first-order valence-corrected chi connectivity index (χ1v) is 6.70. The second-order valence-electron chi connectivity index (χ2n) is 4.81. The highest BCUT2D eigenvalue weighted by atomic mass is 16.2. The number of fused-ring (bicyclic) bond motifs is 1. The molecule has 1 amide bonds. The van der Waals surface area contributed by atoms with Crippen molar-refractivity contribution in [1.82, 2.24) is 20.6 Å². The maximum absolute atomic E-state index is 11.5. The van der Waals surface area contributed by atoms with Crippen molar-refractivity contribution in [3.05, 3.63) is 35.8 Å². The predicted molar refractivity (Wildman–Crippen MR) is 79.6 cm³/mol. The molecule has 1 aliphatic heterocycles. The number of tetrazole rings is 1. The summed E-state index contributed by atoms with van der Waals surface area (Å²) in [5.74, 6) is 0.280. The SMILES string of the molecule is CC(=O)N1CCc2cc(NC=C(C#N)c3nn[nH]n3)ccc21. The molecule has 0 aliphatic carbocycles. The molecule has 1 aromatic heterocycles. The molecule has 3 rings (SSSR count). The van der Waals surface area contributed by atoms with Gasteiger partial charge in [0, 0.05) is 31.0 Å². The predicted octanol–water partition coefficient (Wildman–Crippen LogP) is 1.09. The summed E-state index contributed by atoms with van der Waals surface area (Å²) in [6.07, 6.45) is 2.36. The molecule has 0 spiro atoms. The first kappa shape index (κ1) is 13.8. The highest BCUT2D eigenvalue weighted by Crippen LogP contribution is 2.30. The van der Waals surface area contributed by atoms with Crippen molar-refractivity contribution in [2.24, 2.45) is 0 Å². The number of nitriles is 1. The number of hydrogen-bond donors (Lipinski definition) is 2. The number of aromatic nitrogens is 4. The Kier molecular flexibility index (Phi) is 3.53. The Bertz CT molecular complexity index is 773. The highest BCUT2D eigenvalue weighted by Gasteiger charge is 2.21. The third kappa shape index (κ3) is 2.52. The molecule has 8 heteroatoms. The summed E-state index contributed by atoms with van der Waals surface area (Å²) < 4.78 is 0. The van der Waals surface area contributed by atoms with Crippen LogP contribution in [0.3, 0.4) is 0 Å². The lowest BCUT2D eigenvalue weighted by Gasteiger charge is -2.14. The molecule has 0 radical (unpaired) electrons. The van der Waals surface area contributed by atoms with Crippen LogP contribution in [0.25, 0.3) is 5.57 Å².